The third-order valence-electron chi connectivity index (χ3n) is 5.32. The number of aromatic nitrogens is 1. The summed E-state index contributed by atoms with van der Waals surface area (Å²) in [4.78, 5) is 16.7. The van der Waals surface area contributed by atoms with Crippen LogP contribution in [0, 0.1) is 0 Å². The fourth-order valence-electron chi connectivity index (χ4n) is 3.67. The van der Waals surface area contributed by atoms with Crippen molar-refractivity contribution in [3.63, 3.8) is 0 Å². The molecule has 0 aliphatic heterocycles. The second-order valence-electron chi connectivity index (χ2n) is 7.49. The summed E-state index contributed by atoms with van der Waals surface area (Å²) >= 11 is 6.07. The number of H-pyrrole nitrogens is 1. The lowest BCUT2D eigenvalue weighted by Gasteiger charge is -2.18. The maximum Gasteiger partial charge on any atom is 0.238 e. The number of fused-ring (bicyclic) bond motifs is 1. The molecule has 0 fully saturated rings. The zero-order valence-electron chi connectivity index (χ0n) is 17.1. The molecule has 8 heteroatoms. The number of benzene rings is 3. The molecule has 4 aromatic rings. The van der Waals surface area contributed by atoms with Gasteiger partial charge in [-0.3, -0.25) is 4.79 Å². The van der Waals surface area contributed by atoms with E-state index in [0.29, 0.717) is 23.6 Å². The highest BCUT2D eigenvalue weighted by Gasteiger charge is 2.24. The van der Waals surface area contributed by atoms with E-state index in [1.807, 2.05) is 36.4 Å². The zero-order chi connectivity index (χ0) is 22.7. The predicted octanol–water partition coefficient (Wildman–Crippen LogP) is 4.23. The van der Waals surface area contributed by atoms with Crippen LogP contribution in [0.25, 0.3) is 10.9 Å². The summed E-state index contributed by atoms with van der Waals surface area (Å²) in [5.41, 5.74) is 3.20. The molecule has 3 aromatic carbocycles. The smallest absolute Gasteiger partial charge is 0.238 e. The first kappa shape index (κ1) is 22.2. The Balaban J connectivity index is 1.54. The van der Waals surface area contributed by atoms with Crippen molar-refractivity contribution in [3.8, 4) is 0 Å². The normalized spacial score (nSPS) is 12.7. The number of carbonyl (C=O) groups excluding carboxylic acids is 1. The van der Waals surface area contributed by atoms with Crippen LogP contribution in [0.4, 0.5) is 0 Å². The fourth-order valence-corrected chi connectivity index (χ4v) is 4.36. The van der Waals surface area contributed by atoms with Gasteiger partial charge in [-0.05, 0) is 41.8 Å². The number of halogens is 1. The molecule has 4 rings (SSSR count). The van der Waals surface area contributed by atoms with Crippen molar-refractivity contribution < 1.29 is 13.2 Å². The minimum absolute atomic E-state index is 0.0469. The molecular weight excluding hydrogens is 446 g/mol. The van der Waals surface area contributed by atoms with Gasteiger partial charge in [0.1, 0.15) is 0 Å². The van der Waals surface area contributed by atoms with Gasteiger partial charge in [0.25, 0.3) is 0 Å². The molecule has 0 aliphatic rings. The highest BCUT2D eigenvalue weighted by atomic mass is 35.5. The number of primary sulfonamides is 1. The Morgan fingerprint density at radius 2 is 1.75 bits per heavy atom. The summed E-state index contributed by atoms with van der Waals surface area (Å²) in [7, 11) is -3.72. The largest absolute Gasteiger partial charge is 0.360 e. The molecule has 1 unspecified atom stereocenters. The number of Topliss-reactive ketones (excluding diaryl/α,β-unsaturated/α-hetero) is 1. The lowest BCUT2D eigenvalue weighted by atomic mass is 9.96. The molecule has 0 saturated heterocycles. The summed E-state index contributed by atoms with van der Waals surface area (Å²) in [5, 5.41) is 9.93. The van der Waals surface area contributed by atoms with Gasteiger partial charge in [-0.1, -0.05) is 60.1 Å². The van der Waals surface area contributed by atoms with Crippen LogP contribution < -0.4 is 10.5 Å². The van der Waals surface area contributed by atoms with E-state index in [0.717, 1.165) is 22.0 Å². The van der Waals surface area contributed by atoms with Crippen LogP contribution in [0.2, 0.25) is 5.02 Å². The molecule has 6 nitrogen and oxygen atoms in total. The van der Waals surface area contributed by atoms with Crippen LogP contribution in [-0.4, -0.2) is 25.7 Å². The molecule has 4 N–H and O–H groups in total. The molecule has 32 heavy (non-hydrogen) atoms. The summed E-state index contributed by atoms with van der Waals surface area (Å²) in [6.45, 7) is 0.522. The Morgan fingerprint density at radius 3 is 2.44 bits per heavy atom. The van der Waals surface area contributed by atoms with Crippen molar-refractivity contribution in [1.82, 2.24) is 10.3 Å². The highest BCUT2D eigenvalue weighted by molar-refractivity contribution is 7.89. The Kier molecular flexibility index (Phi) is 6.43. The maximum atomic E-state index is 13.5. The predicted molar refractivity (Wildman–Crippen MR) is 126 cm³/mol. The number of sulfonamides is 1. The average molecular weight is 468 g/mol. The van der Waals surface area contributed by atoms with Crippen molar-refractivity contribution in [2.45, 2.75) is 17.4 Å². The first-order chi connectivity index (χ1) is 15.3. The minimum Gasteiger partial charge on any atom is -0.360 e. The Labute approximate surface area is 191 Å². The van der Waals surface area contributed by atoms with Gasteiger partial charge in [-0.15, -0.1) is 0 Å². The summed E-state index contributed by atoms with van der Waals surface area (Å²) in [6, 6.07) is 20.9. The minimum atomic E-state index is -3.72. The first-order valence-electron chi connectivity index (χ1n) is 10.0. The van der Waals surface area contributed by atoms with Crippen molar-refractivity contribution in [2.75, 3.05) is 6.54 Å². The van der Waals surface area contributed by atoms with Crippen LogP contribution in [0.1, 0.15) is 27.5 Å². The van der Waals surface area contributed by atoms with Gasteiger partial charge in [-0.25, -0.2) is 13.6 Å². The lowest BCUT2D eigenvalue weighted by Crippen LogP contribution is -2.30. The van der Waals surface area contributed by atoms with E-state index in [4.69, 9.17) is 16.7 Å². The van der Waals surface area contributed by atoms with Gasteiger partial charge in [0, 0.05) is 34.2 Å². The molecule has 0 bridgehead atoms. The fraction of sp³-hybridized carbons (Fsp3) is 0.125. The van der Waals surface area contributed by atoms with Gasteiger partial charge in [-0.2, -0.15) is 0 Å². The van der Waals surface area contributed by atoms with E-state index in [9.17, 15) is 13.2 Å². The van der Waals surface area contributed by atoms with E-state index in [2.05, 4.69) is 10.3 Å². The number of ketones is 1. The molecular formula is C24H22ClN3O3S. The number of aromatic amines is 1. The monoisotopic (exact) mass is 467 g/mol. The molecule has 1 aromatic heterocycles. The van der Waals surface area contributed by atoms with Gasteiger partial charge in [0.05, 0.1) is 10.9 Å². The van der Waals surface area contributed by atoms with Crippen LogP contribution in [0.3, 0.4) is 0 Å². The second-order valence-corrected chi connectivity index (χ2v) is 9.49. The number of rotatable bonds is 8. The Hall–Kier alpha value is -2.97. The van der Waals surface area contributed by atoms with Crippen LogP contribution >= 0.6 is 11.6 Å². The number of nitrogens with two attached hydrogens (primary N) is 1. The van der Waals surface area contributed by atoms with E-state index in [1.54, 1.807) is 30.5 Å². The Bertz CT molecular complexity index is 1350. The molecule has 0 saturated carbocycles. The Morgan fingerprint density at radius 1 is 1.03 bits per heavy atom. The first-order valence-corrected chi connectivity index (χ1v) is 12.0. The van der Waals surface area contributed by atoms with E-state index < -0.39 is 16.1 Å². The topological polar surface area (TPSA) is 105 Å². The maximum absolute atomic E-state index is 13.5. The quantitative estimate of drug-likeness (QED) is 0.337. The van der Waals surface area contributed by atoms with Crippen molar-refractivity contribution in [2.24, 2.45) is 5.14 Å². The van der Waals surface area contributed by atoms with Gasteiger partial charge < -0.3 is 10.3 Å². The molecule has 164 valence electrons. The van der Waals surface area contributed by atoms with Crippen molar-refractivity contribution >= 4 is 38.3 Å². The van der Waals surface area contributed by atoms with Crippen LogP contribution in [-0.2, 0) is 16.4 Å². The van der Waals surface area contributed by atoms with E-state index in [1.165, 1.54) is 12.1 Å². The number of hydrogen-bond donors (Lipinski definition) is 3. The molecule has 0 radical (unpaired) electrons. The molecule has 0 amide bonds. The standard InChI is InChI=1S/C24H22ClN3O3S/c25-18-8-11-20-21(15-28-22(20)14-18)24(29)23(17-4-2-1-3-5-17)27-13-12-16-6-9-19(10-7-16)32(26,30)31/h1-11,14-15,23,27-28H,12-13H2,(H2,26,30,31). The van der Waals surface area contributed by atoms with E-state index >= 15 is 0 Å². The van der Waals surface area contributed by atoms with E-state index in [-0.39, 0.29) is 10.7 Å². The van der Waals surface area contributed by atoms with Crippen molar-refractivity contribution in [3.05, 3.63) is 101 Å². The highest BCUT2D eigenvalue weighted by Crippen LogP contribution is 2.26. The summed E-state index contributed by atoms with van der Waals surface area (Å²) < 4.78 is 22.8. The molecule has 1 atom stereocenters. The average Bonchev–Trinajstić information content (AvgIpc) is 3.19. The molecule has 1 heterocycles. The van der Waals surface area contributed by atoms with Gasteiger partial charge in [0.15, 0.2) is 5.78 Å². The third-order valence-corrected chi connectivity index (χ3v) is 6.48. The molecule has 0 aliphatic carbocycles. The summed E-state index contributed by atoms with van der Waals surface area (Å²) in [6.07, 6.45) is 2.33. The third kappa shape index (κ3) is 4.92. The number of nitrogens with one attached hydrogen (secondary N) is 2. The SMILES string of the molecule is NS(=O)(=O)c1ccc(CCNC(C(=O)c2c[nH]c3cc(Cl)ccc23)c2ccccc2)cc1. The number of carbonyl (C=O) groups is 1. The number of hydrogen-bond acceptors (Lipinski definition) is 4. The lowest BCUT2D eigenvalue weighted by molar-refractivity contribution is 0.0945. The zero-order valence-corrected chi connectivity index (χ0v) is 18.7. The van der Waals surface area contributed by atoms with Gasteiger partial charge in [0.2, 0.25) is 10.0 Å². The summed E-state index contributed by atoms with van der Waals surface area (Å²) in [5.74, 6) is -0.0469. The van der Waals surface area contributed by atoms with Crippen molar-refractivity contribution in [1.29, 1.82) is 0 Å². The molecule has 0 spiro atoms. The second kappa shape index (κ2) is 9.26. The van der Waals surface area contributed by atoms with Crippen LogP contribution in [0.15, 0.2) is 83.9 Å². The van der Waals surface area contributed by atoms with Crippen LogP contribution in [0.5, 0.6) is 0 Å². The van der Waals surface area contributed by atoms with Gasteiger partial charge >= 0.3 is 0 Å².